The van der Waals surface area contributed by atoms with Crippen molar-refractivity contribution < 1.29 is 9.53 Å². The van der Waals surface area contributed by atoms with Gasteiger partial charge in [0.05, 0.1) is 4.88 Å². The summed E-state index contributed by atoms with van der Waals surface area (Å²) < 4.78 is 5.70. The van der Waals surface area contributed by atoms with Crippen LogP contribution in [0.1, 0.15) is 9.67 Å². The van der Waals surface area contributed by atoms with Gasteiger partial charge < -0.3 is 10.1 Å². The van der Waals surface area contributed by atoms with Crippen molar-refractivity contribution in [2.24, 2.45) is 0 Å². The number of carbonyl (C=O) groups is 1. The third kappa shape index (κ3) is 3.67. The van der Waals surface area contributed by atoms with Crippen molar-refractivity contribution in [3.8, 4) is 11.5 Å². The second-order valence-corrected chi connectivity index (χ2v) is 5.90. The number of nitrogens with one attached hydrogen (secondary N) is 1. The molecule has 0 aliphatic heterocycles. The molecule has 0 aliphatic carbocycles. The minimum atomic E-state index is -0.110. The van der Waals surface area contributed by atoms with Crippen LogP contribution in [0.25, 0.3) is 0 Å². The number of anilines is 1. The second kappa shape index (κ2) is 6.64. The molecule has 3 aromatic rings. The van der Waals surface area contributed by atoms with E-state index in [1.807, 2.05) is 11.4 Å². The molecule has 1 aromatic heterocycles. The molecule has 110 valence electrons. The summed E-state index contributed by atoms with van der Waals surface area (Å²) in [6, 6.07) is 18.0. The Morgan fingerprint density at radius 3 is 2.18 bits per heavy atom. The summed E-state index contributed by atoms with van der Waals surface area (Å²) >= 11 is 7.24. The van der Waals surface area contributed by atoms with E-state index in [9.17, 15) is 4.79 Å². The first-order valence-corrected chi connectivity index (χ1v) is 7.85. The van der Waals surface area contributed by atoms with Crippen LogP contribution in [-0.2, 0) is 0 Å². The number of halogens is 1. The van der Waals surface area contributed by atoms with Crippen molar-refractivity contribution in [2.45, 2.75) is 0 Å². The maximum absolute atomic E-state index is 11.9. The smallest absolute Gasteiger partial charge is 0.265 e. The highest BCUT2D eigenvalue weighted by molar-refractivity contribution is 7.12. The molecule has 3 nitrogen and oxygen atoms in total. The summed E-state index contributed by atoms with van der Waals surface area (Å²) in [5, 5.41) is 5.38. The van der Waals surface area contributed by atoms with Gasteiger partial charge in [-0.15, -0.1) is 11.3 Å². The van der Waals surface area contributed by atoms with Crippen LogP contribution in [0.15, 0.2) is 66.0 Å². The van der Waals surface area contributed by atoms with E-state index in [4.69, 9.17) is 16.3 Å². The predicted molar refractivity (Wildman–Crippen MR) is 90.2 cm³/mol. The highest BCUT2D eigenvalue weighted by atomic mass is 35.5. The van der Waals surface area contributed by atoms with Crippen molar-refractivity contribution in [1.82, 2.24) is 0 Å². The van der Waals surface area contributed by atoms with Crippen LogP contribution in [-0.4, -0.2) is 5.91 Å². The lowest BCUT2D eigenvalue weighted by molar-refractivity contribution is 0.103. The number of hydrogen-bond acceptors (Lipinski definition) is 3. The van der Waals surface area contributed by atoms with Crippen LogP contribution in [0.2, 0.25) is 5.02 Å². The van der Waals surface area contributed by atoms with E-state index in [1.165, 1.54) is 11.3 Å². The van der Waals surface area contributed by atoms with E-state index in [1.54, 1.807) is 54.6 Å². The first-order valence-electron chi connectivity index (χ1n) is 6.59. The molecule has 0 aliphatic rings. The first-order chi connectivity index (χ1) is 10.7. The van der Waals surface area contributed by atoms with Gasteiger partial charge in [0, 0.05) is 10.7 Å². The Labute approximate surface area is 137 Å². The zero-order valence-corrected chi connectivity index (χ0v) is 13.0. The van der Waals surface area contributed by atoms with Gasteiger partial charge in [0.25, 0.3) is 5.91 Å². The van der Waals surface area contributed by atoms with Gasteiger partial charge >= 0.3 is 0 Å². The average molecular weight is 330 g/mol. The van der Waals surface area contributed by atoms with Crippen LogP contribution in [0, 0.1) is 0 Å². The number of ether oxygens (including phenoxy) is 1. The van der Waals surface area contributed by atoms with Crippen molar-refractivity contribution in [3.05, 3.63) is 75.9 Å². The highest BCUT2D eigenvalue weighted by Crippen LogP contribution is 2.24. The Balaban J connectivity index is 1.65. The lowest BCUT2D eigenvalue weighted by Crippen LogP contribution is -2.09. The van der Waals surface area contributed by atoms with Crippen molar-refractivity contribution in [3.63, 3.8) is 0 Å². The molecule has 0 unspecified atom stereocenters. The topological polar surface area (TPSA) is 38.3 Å². The predicted octanol–water partition coefficient (Wildman–Crippen LogP) is 5.45. The minimum Gasteiger partial charge on any atom is -0.457 e. The minimum absolute atomic E-state index is 0.110. The van der Waals surface area contributed by atoms with Gasteiger partial charge in [0.15, 0.2) is 0 Å². The van der Waals surface area contributed by atoms with E-state index < -0.39 is 0 Å². The first kappa shape index (κ1) is 14.6. The fourth-order valence-electron chi connectivity index (χ4n) is 1.85. The van der Waals surface area contributed by atoms with E-state index in [0.717, 1.165) is 5.69 Å². The van der Waals surface area contributed by atoms with E-state index in [2.05, 4.69) is 5.32 Å². The molecule has 0 spiro atoms. The number of amides is 1. The molecule has 1 amide bonds. The quantitative estimate of drug-likeness (QED) is 0.691. The lowest BCUT2D eigenvalue weighted by atomic mass is 10.3. The molecule has 5 heteroatoms. The normalized spacial score (nSPS) is 10.2. The number of hydrogen-bond donors (Lipinski definition) is 1. The Morgan fingerprint density at radius 1 is 0.955 bits per heavy atom. The standard InChI is InChI=1S/C17H12ClNO2S/c18-12-3-7-14(8-4-12)21-15-9-5-13(6-10-15)19-17(20)16-2-1-11-22-16/h1-11H,(H,19,20). The average Bonchev–Trinajstić information content (AvgIpc) is 3.06. The third-order valence-electron chi connectivity index (χ3n) is 2.91. The molecule has 0 radical (unpaired) electrons. The monoisotopic (exact) mass is 329 g/mol. The number of carbonyl (C=O) groups excluding carboxylic acids is 1. The molecular formula is C17H12ClNO2S. The Hall–Kier alpha value is -2.30. The summed E-state index contributed by atoms with van der Waals surface area (Å²) in [7, 11) is 0. The summed E-state index contributed by atoms with van der Waals surface area (Å²) in [6.45, 7) is 0. The molecule has 0 atom stereocenters. The van der Waals surface area contributed by atoms with Crippen LogP contribution in [0.4, 0.5) is 5.69 Å². The van der Waals surface area contributed by atoms with Gasteiger partial charge in [0.2, 0.25) is 0 Å². The Bertz CT molecular complexity index is 752. The largest absolute Gasteiger partial charge is 0.457 e. The fraction of sp³-hybridized carbons (Fsp3) is 0. The van der Waals surface area contributed by atoms with Crippen LogP contribution in [0.5, 0.6) is 11.5 Å². The molecule has 1 N–H and O–H groups in total. The maximum atomic E-state index is 11.9. The zero-order valence-electron chi connectivity index (χ0n) is 11.5. The van der Waals surface area contributed by atoms with Crippen LogP contribution in [0.3, 0.4) is 0 Å². The highest BCUT2D eigenvalue weighted by Gasteiger charge is 2.06. The molecule has 1 heterocycles. The number of rotatable bonds is 4. The second-order valence-electron chi connectivity index (χ2n) is 4.51. The Morgan fingerprint density at radius 2 is 1.59 bits per heavy atom. The van der Waals surface area contributed by atoms with Crippen molar-refractivity contribution in [1.29, 1.82) is 0 Å². The molecular weight excluding hydrogens is 318 g/mol. The zero-order chi connectivity index (χ0) is 15.4. The molecule has 3 rings (SSSR count). The van der Waals surface area contributed by atoms with E-state index >= 15 is 0 Å². The molecule has 2 aromatic carbocycles. The van der Waals surface area contributed by atoms with E-state index in [-0.39, 0.29) is 5.91 Å². The van der Waals surface area contributed by atoms with Gasteiger partial charge in [0.1, 0.15) is 11.5 Å². The summed E-state index contributed by atoms with van der Waals surface area (Å²) in [6.07, 6.45) is 0. The SMILES string of the molecule is O=C(Nc1ccc(Oc2ccc(Cl)cc2)cc1)c1cccs1. The molecule has 0 bridgehead atoms. The summed E-state index contributed by atoms with van der Waals surface area (Å²) in [5.74, 6) is 1.29. The van der Waals surface area contributed by atoms with Gasteiger partial charge in [-0.05, 0) is 60.0 Å². The Kier molecular flexibility index (Phi) is 4.42. The lowest BCUT2D eigenvalue weighted by Gasteiger charge is -2.07. The van der Waals surface area contributed by atoms with Crippen LogP contribution < -0.4 is 10.1 Å². The van der Waals surface area contributed by atoms with Gasteiger partial charge in [-0.1, -0.05) is 17.7 Å². The fourth-order valence-corrected chi connectivity index (χ4v) is 2.59. The van der Waals surface area contributed by atoms with Gasteiger partial charge in [-0.2, -0.15) is 0 Å². The van der Waals surface area contributed by atoms with Crippen molar-refractivity contribution in [2.75, 3.05) is 5.32 Å². The van der Waals surface area contributed by atoms with Gasteiger partial charge in [-0.25, -0.2) is 0 Å². The number of benzene rings is 2. The summed E-state index contributed by atoms with van der Waals surface area (Å²) in [5.41, 5.74) is 0.724. The van der Waals surface area contributed by atoms with Crippen molar-refractivity contribution >= 4 is 34.5 Å². The van der Waals surface area contributed by atoms with E-state index in [0.29, 0.717) is 21.4 Å². The molecule has 0 saturated carbocycles. The van der Waals surface area contributed by atoms with Crippen LogP contribution >= 0.6 is 22.9 Å². The molecule has 0 fully saturated rings. The number of thiophene rings is 1. The van der Waals surface area contributed by atoms with Gasteiger partial charge in [-0.3, -0.25) is 4.79 Å². The maximum Gasteiger partial charge on any atom is 0.265 e. The molecule has 0 saturated heterocycles. The summed E-state index contributed by atoms with van der Waals surface area (Å²) in [4.78, 5) is 12.6. The third-order valence-corrected chi connectivity index (χ3v) is 4.03. The molecule has 22 heavy (non-hydrogen) atoms.